The number of hydrogen-bond donors (Lipinski definition) is 1. The zero-order valence-electron chi connectivity index (χ0n) is 13.8. The summed E-state index contributed by atoms with van der Waals surface area (Å²) < 4.78 is 34.4. The van der Waals surface area contributed by atoms with E-state index in [2.05, 4.69) is 25.6 Å². The predicted octanol–water partition coefficient (Wildman–Crippen LogP) is 2.76. The Labute approximate surface area is 152 Å². The third kappa shape index (κ3) is 4.02. The number of hydrogen-bond acceptors (Lipinski definition) is 4. The Kier molecular flexibility index (Phi) is 5.98. The highest BCUT2D eigenvalue weighted by Crippen LogP contribution is 2.34. The first kappa shape index (κ1) is 18.3. The average Bonchev–Trinajstić information content (AvgIpc) is 2.62. The van der Waals surface area contributed by atoms with Crippen molar-refractivity contribution in [3.05, 3.63) is 28.7 Å². The number of ether oxygens (including phenoxy) is 1. The third-order valence-electron chi connectivity index (χ3n) is 5.18. The minimum Gasteiger partial charge on any atom is -0.379 e. The van der Waals surface area contributed by atoms with E-state index < -0.39 is 10.0 Å². The zero-order chi connectivity index (χ0) is 17.0. The summed E-state index contributed by atoms with van der Waals surface area (Å²) in [6, 6.07) is 6.96. The Hall–Kier alpha value is -0.470. The van der Waals surface area contributed by atoms with Crippen LogP contribution in [0.3, 0.4) is 0 Å². The maximum Gasteiger partial charge on any atom is 0.241 e. The molecule has 24 heavy (non-hydrogen) atoms. The highest BCUT2D eigenvalue weighted by molar-refractivity contribution is 9.10. The topological polar surface area (TPSA) is 58.6 Å². The summed E-state index contributed by atoms with van der Waals surface area (Å²) in [5.74, 6) is 0. The van der Waals surface area contributed by atoms with Crippen LogP contribution in [0.15, 0.2) is 33.6 Å². The Morgan fingerprint density at radius 3 is 2.46 bits per heavy atom. The maximum absolute atomic E-state index is 12.7. The van der Waals surface area contributed by atoms with Crippen molar-refractivity contribution in [2.24, 2.45) is 0 Å². The van der Waals surface area contributed by atoms with Crippen molar-refractivity contribution in [3.8, 4) is 0 Å². The molecule has 1 aromatic carbocycles. The van der Waals surface area contributed by atoms with Gasteiger partial charge in [0.05, 0.1) is 18.1 Å². The molecule has 7 heteroatoms. The van der Waals surface area contributed by atoms with E-state index in [1.54, 1.807) is 18.2 Å². The molecule has 0 spiro atoms. The molecule has 0 amide bonds. The molecule has 1 saturated carbocycles. The molecule has 1 aliphatic heterocycles. The number of halogens is 1. The van der Waals surface area contributed by atoms with Gasteiger partial charge in [0.1, 0.15) is 0 Å². The minimum atomic E-state index is -3.52. The predicted molar refractivity (Wildman–Crippen MR) is 97.5 cm³/mol. The van der Waals surface area contributed by atoms with Gasteiger partial charge in [-0.1, -0.05) is 31.4 Å². The van der Waals surface area contributed by atoms with Crippen LogP contribution in [0.25, 0.3) is 0 Å². The molecule has 0 unspecified atom stereocenters. The van der Waals surface area contributed by atoms with Gasteiger partial charge in [0.25, 0.3) is 0 Å². The molecule has 1 saturated heterocycles. The molecule has 2 aliphatic rings. The largest absolute Gasteiger partial charge is 0.379 e. The summed E-state index contributed by atoms with van der Waals surface area (Å²) in [6.45, 7) is 3.71. The lowest BCUT2D eigenvalue weighted by Crippen LogP contribution is -2.59. The van der Waals surface area contributed by atoms with Crippen molar-refractivity contribution in [1.82, 2.24) is 9.62 Å². The Morgan fingerprint density at radius 1 is 1.12 bits per heavy atom. The average molecular weight is 417 g/mol. The fraction of sp³-hybridized carbons (Fsp3) is 0.647. The summed E-state index contributed by atoms with van der Waals surface area (Å²) in [7, 11) is -3.52. The smallest absolute Gasteiger partial charge is 0.241 e. The van der Waals surface area contributed by atoms with Crippen molar-refractivity contribution < 1.29 is 13.2 Å². The Balaban J connectivity index is 1.77. The molecule has 0 bridgehead atoms. The SMILES string of the molecule is O=S(=O)(NCC1(N2CCOCC2)CCCCC1)c1ccccc1Br. The lowest BCUT2D eigenvalue weighted by molar-refractivity contribution is -0.0348. The van der Waals surface area contributed by atoms with Crippen LogP contribution in [0.2, 0.25) is 0 Å². The van der Waals surface area contributed by atoms with Crippen molar-refractivity contribution in [3.63, 3.8) is 0 Å². The lowest BCUT2D eigenvalue weighted by atomic mass is 9.80. The van der Waals surface area contributed by atoms with Crippen LogP contribution in [0.1, 0.15) is 32.1 Å². The molecule has 1 heterocycles. The molecule has 5 nitrogen and oxygen atoms in total. The van der Waals surface area contributed by atoms with Gasteiger partial charge >= 0.3 is 0 Å². The zero-order valence-corrected chi connectivity index (χ0v) is 16.2. The van der Waals surface area contributed by atoms with Gasteiger partial charge in [0, 0.05) is 29.6 Å². The lowest BCUT2D eigenvalue weighted by Gasteiger charge is -2.48. The fourth-order valence-corrected chi connectivity index (χ4v) is 5.94. The molecule has 3 rings (SSSR count). The summed E-state index contributed by atoms with van der Waals surface area (Å²) in [6.07, 6.45) is 5.66. The molecule has 134 valence electrons. The first-order valence-corrected chi connectivity index (χ1v) is 10.9. The highest BCUT2D eigenvalue weighted by Gasteiger charge is 2.39. The monoisotopic (exact) mass is 416 g/mol. The molecule has 1 aliphatic carbocycles. The van der Waals surface area contributed by atoms with E-state index in [0.717, 1.165) is 52.0 Å². The first-order chi connectivity index (χ1) is 11.5. The number of nitrogens with zero attached hydrogens (tertiary/aromatic N) is 1. The van der Waals surface area contributed by atoms with Gasteiger partial charge in [-0.3, -0.25) is 4.90 Å². The van der Waals surface area contributed by atoms with E-state index in [-0.39, 0.29) is 5.54 Å². The number of benzene rings is 1. The van der Waals surface area contributed by atoms with Gasteiger partial charge in [0.2, 0.25) is 10.0 Å². The molecule has 1 aromatic rings. The van der Waals surface area contributed by atoms with E-state index in [0.29, 0.717) is 15.9 Å². The van der Waals surface area contributed by atoms with E-state index in [4.69, 9.17) is 4.74 Å². The van der Waals surface area contributed by atoms with Crippen LogP contribution < -0.4 is 4.72 Å². The molecule has 0 aromatic heterocycles. The molecular weight excluding hydrogens is 392 g/mol. The summed E-state index contributed by atoms with van der Waals surface area (Å²) in [5, 5.41) is 0. The molecule has 0 atom stereocenters. The first-order valence-electron chi connectivity index (χ1n) is 8.61. The van der Waals surface area contributed by atoms with E-state index in [1.807, 2.05) is 6.07 Å². The van der Waals surface area contributed by atoms with Gasteiger partial charge in [-0.25, -0.2) is 13.1 Å². The van der Waals surface area contributed by atoms with Gasteiger partial charge in [-0.15, -0.1) is 0 Å². The second-order valence-corrected chi connectivity index (χ2v) is 9.23. The summed E-state index contributed by atoms with van der Waals surface area (Å²) in [5.41, 5.74) is -0.0731. The van der Waals surface area contributed by atoms with Crippen molar-refractivity contribution >= 4 is 26.0 Å². The van der Waals surface area contributed by atoms with Crippen molar-refractivity contribution in [2.45, 2.75) is 42.5 Å². The standard InChI is InChI=1S/C17H25BrN2O3S/c18-15-6-2-3-7-16(15)24(21,22)19-14-17(8-4-1-5-9-17)20-10-12-23-13-11-20/h2-3,6-7,19H,1,4-5,8-14H2. The molecule has 0 radical (unpaired) electrons. The second-order valence-electron chi connectivity index (χ2n) is 6.64. The highest BCUT2D eigenvalue weighted by atomic mass is 79.9. The molecule has 1 N–H and O–H groups in total. The van der Waals surface area contributed by atoms with Crippen LogP contribution >= 0.6 is 15.9 Å². The van der Waals surface area contributed by atoms with E-state index in [9.17, 15) is 8.42 Å². The summed E-state index contributed by atoms with van der Waals surface area (Å²) in [4.78, 5) is 2.75. The van der Waals surface area contributed by atoms with Gasteiger partial charge in [-0.2, -0.15) is 0 Å². The van der Waals surface area contributed by atoms with Crippen LogP contribution in [-0.2, 0) is 14.8 Å². The number of nitrogens with one attached hydrogen (secondary N) is 1. The normalized spacial score (nSPS) is 22.4. The van der Waals surface area contributed by atoms with Gasteiger partial charge in [-0.05, 0) is 40.9 Å². The van der Waals surface area contributed by atoms with Crippen molar-refractivity contribution in [2.75, 3.05) is 32.8 Å². The van der Waals surface area contributed by atoms with Gasteiger partial charge < -0.3 is 4.74 Å². The quantitative estimate of drug-likeness (QED) is 0.801. The number of rotatable bonds is 5. The second kappa shape index (κ2) is 7.83. The van der Waals surface area contributed by atoms with Crippen LogP contribution in [0.5, 0.6) is 0 Å². The van der Waals surface area contributed by atoms with Crippen LogP contribution in [0, 0.1) is 0 Å². The van der Waals surface area contributed by atoms with Gasteiger partial charge in [0.15, 0.2) is 0 Å². The van der Waals surface area contributed by atoms with Crippen LogP contribution in [-0.4, -0.2) is 51.7 Å². The third-order valence-corrected chi connectivity index (χ3v) is 7.60. The Morgan fingerprint density at radius 2 is 1.79 bits per heavy atom. The summed E-state index contributed by atoms with van der Waals surface area (Å²) >= 11 is 3.34. The van der Waals surface area contributed by atoms with Crippen molar-refractivity contribution in [1.29, 1.82) is 0 Å². The number of morpholine rings is 1. The Bertz CT molecular complexity index is 654. The molecule has 2 fully saturated rings. The van der Waals surface area contributed by atoms with Crippen LogP contribution in [0.4, 0.5) is 0 Å². The van der Waals surface area contributed by atoms with E-state index >= 15 is 0 Å². The number of sulfonamides is 1. The minimum absolute atomic E-state index is 0.0731. The molecular formula is C17H25BrN2O3S. The van der Waals surface area contributed by atoms with E-state index in [1.165, 1.54) is 6.42 Å². The fourth-order valence-electron chi connectivity index (χ4n) is 3.82. The maximum atomic E-state index is 12.7.